The van der Waals surface area contributed by atoms with E-state index in [0.717, 1.165) is 18.7 Å². The van der Waals surface area contributed by atoms with Crippen LogP contribution >= 0.6 is 0 Å². The number of ether oxygens (including phenoxy) is 1. The molecule has 0 saturated carbocycles. The Hall–Kier alpha value is -2.31. The van der Waals surface area contributed by atoms with Gasteiger partial charge in [-0.15, -0.1) is 0 Å². The van der Waals surface area contributed by atoms with E-state index in [2.05, 4.69) is 24.4 Å². The summed E-state index contributed by atoms with van der Waals surface area (Å²) in [6, 6.07) is 18.1. The first-order valence-corrected chi connectivity index (χ1v) is 7.13. The van der Waals surface area contributed by atoms with Gasteiger partial charge in [-0.25, -0.2) is 0 Å². The highest BCUT2D eigenvalue weighted by Gasteiger charge is 2.13. The molecule has 1 unspecified atom stereocenters. The summed E-state index contributed by atoms with van der Waals surface area (Å²) >= 11 is 0. The summed E-state index contributed by atoms with van der Waals surface area (Å²) in [6.07, 6.45) is 0.983. The molecule has 2 aromatic carbocycles. The molecular weight excluding hydrogens is 260 g/mol. The fourth-order valence-electron chi connectivity index (χ4n) is 2.37. The summed E-state index contributed by atoms with van der Waals surface area (Å²) in [7, 11) is 1.70. The van der Waals surface area contributed by atoms with Crippen molar-refractivity contribution in [3.63, 3.8) is 0 Å². The van der Waals surface area contributed by atoms with Crippen molar-refractivity contribution in [2.45, 2.75) is 25.9 Å². The quantitative estimate of drug-likeness (QED) is 0.875. The molecule has 0 amide bonds. The third-order valence-electron chi connectivity index (χ3n) is 3.56. The zero-order valence-electron chi connectivity index (χ0n) is 12.5. The van der Waals surface area contributed by atoms with Gasteiger partial charge in [-0.3, -0.25) is 0 Å². The average Bonchev–Trinajstić information content (AvgIpc) is 2.56. The Kier molecular flexibility index (Phi) is 5.36. The van der Waals surface area contributed by atoms with E-state index < -0.39 is 0 Å². The topological polar surface area (TPSA) is 45.0 Å². The second kappa shape index (κ2) is 7.47. The first-order valence-electron chi connectivity index (χ1n) is 7.13. The lowest BCUT2D eigenvalue weighted by Gasteiger charge is -2.20. The molecular formula is C18H20N2O. The van der Waals surface area contributed by atoms with E-state index >= 15 is 0 Å². The summed E-state index contributed by atoms with van der Waals surface area (Å²) in [5.74, 6) is 0.914. The van der Waals surface area contributed by atoms with E-state index in [9.17, 15) is 0 Å². The van der Waals surface area contributed by atoms with Gasteiger partial charge in [-0.05, 0) is 30.2 Å². The maximum atomic E-state index is 8.81. The summed E-state index contributed by atoms with van der Waals surface area (Å²) in [4.78, 5) is 0. The monoisotopic (exact) mass is 280 g/mol. The van der Waals surface area contributed by atoms with Crippen LogP contribution in [0.4, 0.5) is 0 Å². The minimum atomic E-state index is 0.247. The Bertz CT molecular complexity index is 614. The van der Waals surface area contributed by atoms with Gasteiger partial charge in [0.15, 0.2) is 0 Å². The van der Waals surface area contributed by atoms with Gasteiger partial charge in [0.05, 0.1) is 18.7 Å². The fourth-order valence-corrected chi connectivity index (χ4v) is 2.37. The average molecular weight is 280 g/mol. The molecule has 3 heteroatoms. The van der Waals surface area contributed by atoms with E-state index in [1.165, 1.54) is 11.1 Å². The zero-order chi connectivity index (χ0) is 15.1. The molecule has 21 heavy (non-hydrogen) atoms. The highest BCUT2D eigenvalue weighted by molar-refractivity contribution is 5.36. The van der Waals surface area contributed by atoms with Gasteiger partial charge in [0.2, 0.25) is 0 Å². The maximum absolute atomic E-state index is 8.81. The predicted octanol–water partition coefficient (Wildman–Crippen LogP) is 3.81. The van der Waals surface area contributed by atoms with E-state index in [1.807, 2.05) is 42.5 Å². The Morgan fingerprint density at radius 2 is 1.86 bits per heavy atom. The van der Waals surface area contributed by atoms with Gasteiger partial charge in [-0.2, -0.15) is 5.26 Å². The number of hydrogen-bond donors (Lipinski definition) is 1. The molecule has 0 saturated heterocycles. The van der Waals surface area contributed by atoms with Crippen molar-refractivity contribution in [3.05, 3.63) is 65.2 Å². The fraction of sp³-hybridized carbons (Fsp3) is 0.278. The second-order valence-corrected chi connectivity index (χ2v) is 4.89. The summed E-state index contributed by atoms with van der Waals surface area (Å²) in [6.45, 7) is 2.92. The molecule has 1 N–H and O–H groups in total. The molecule has 0 bridgehead atoms. The number of hydrogen-bond acceptors (Lipinski definition) is 3. The van der Waals surface area contributed by atoms with Gasteiger partial charge in [0.25, 0.3) is 0 Å². The third kappa shape index (κ3) is 3.84. The number of para-hydroxylation sites is 1. The lowest BCUT2D eigenvalue weighted by Crippen LogP contribution is -2.20. The number of nitrogens with zero attached hydrogens (tertiary/aromatic N) is 1. The Morgan fingerprint density at radius 1 is 1.14 bits per heavy atom. The second-order valence-electron chi connectivity index (χ2n) is 4.89. The van der Waals surface area contributed by atoms with Crippen LogP contribution in [0.25, 0.3) is 0 Å². The van der Waals surface area contributed by atoms with Crippen LogP contribution in [0.5, 0.6) is 5.75 Å². The minimum Gasteiger partial charge on any atom is -0.496 e. The van der Waals surface area contributed by atoms with Gasteiger partial charge < -0.3 is 10.1 Å². The van der Waals surface area contributed by atoms with Crippen molar-refractivity contribution in [2.24, 2.45) is 0 Å². The van der Waals surface area contributed by atoms with E-state index in [0.29, 0.717) is 5.56 Å². The predicted molar refractivity (Wildman–Crippen MR) is 84.0 cm³/mol. The molecule has 0 aliphatic carbocycles. The van der Waals surface area contributed by atoms with Gasteiger partial charge in [0, 0.05) is 18.2 Å². The highest BCUT2D eigenvalue weighted by atomic mass is 16.5. The maximum Gasteiger partial charge on any atom is 0.123 e. The number of benzene rings is 2. The van der Waals surface area contributed by atoms with Crippen LogP contribution in [-0.2, 0) is 6.54 Å². The smallest absolute Gasteiger partial charge is 0.123 e. The number of nitriles is 1. The summed E-state index contributed by atoms with van der Waals surface area (Å²) in [5, 5.41) is 12.4. The van der Waals surface area contributed by atoms with Crippen molar-refractivity contribution in [3.8, 4) is 11.8 Å². The molecule has 0 radical (unpaired) electrons. The summed E-state index contributed by atoms with van der Waals surface area (Å²) in [5.41, 5.74) is 3.04. The minimum absolute atomic E-state index is 0.247. The number of rotatable bonds is 6. The van der Waals surface area contributed by atoms with Gasteiger partial charge in [-0.1, -0.05) is 37.3 Å². The lowest BCUT2D eigenvalue weighted by molar-refractivity contribution is 0.396. The standard InChI is InChI=1S/C18H20N2O/c1-3-17(16-6-4-5-7-18(16)21-2)20-13-15-10-8-14(12-19)9-11-15/h4-11,17,20H,3,13H2,1-2H3. The van der Waals surface area contributed by atoms with Crippen LogP contribution in [0, 0.1) is 11.3 Å². The molecule has 0 aromatic heterocycles. The SMILES string of the molecule is CCC(NCc1ccc(C#N)cc1)c1ccccc1OC. The molecule has 0 aliphatic rings. The molecule has 108 valence electrons. The van der Waals surface area contributed by atoms with Gasteiger partial charge >= 0.3 is 0 Å². The molecule has 2 aromatic rings. The van der Waals surface area contributed by atoms with E-state index in [1.54, 1.807) is 7.11 Å². The van der Waals surface area contributed by atoms with Crippen molar-refractivity contribution in [2.75, 3.05) is 7.11 Å². The first-order chi connectivity index (χ1) is 10.3. The van der Waals surface area contributed by atoms with Crippen LogP contribution < -0.4 is 10.1 Å². The Morgan fingerprint density at radius 3 is 2.48 bits per heavy atom. The van der Waals surface area contributed by atoms with Crippen molar-refractivity contribution in [1.29, 1.82) is 5.26 Å². The van der Waals surface area contributed by atoms with Crippen LogP contribution in [0.3, 0.4) is 0 Å². The van der Waals surface area contributed by atoms with E-state index in [-0.39, 0.29) is 6.04 Å². The normalized spacial score (nSPS) is 11.7. The van der Waals surface area contributed by atoms with E-state index in [4.69, 9.17) is 10.00 Å². The number of nitrogens with one attached hydrogen (secondary N) is 1. The lowest BCUT2D eigenvalue weighted by atomic mass is 10.0. The van der Waals surface area contributed by atoms with Crippen LogP contribution in [0.2, 0.25) is 0 Å². The van der Waals surface area contributed by atoms with Crippen molar-refractivity contribution >= 4 is 0 Å². The summed E-state index contributed by atoms with van der Waals surface area (Å²) < 4.78 is 5.43. The third-order valence-corrected chi connectivity index (χ3v) is 3.56. The highest BCUT2D eigenvalue weighted by Crippen LogP contribution is 2.27. The molecule has 0 fully saturated rings. The number of methoxy groups -OCH3 is 1. The Balaban J connectivity index is 2.07. The van der Waals surface area contributed by atoms with Crippen LogP contribution in [0.15, 0.2) is 48.5 Å². The van der Waals surface area contributed by atoms with Crippen molar-refractivity contribution in [1.82, 2.24) is 5.32 Å². The molecule has 0 spiro atoms. The molecule has 2 rings (SSSR count). The largest absolute Gasteiger partial charge is 0.496 e. The zero-order valence-corrected chi connectivity index (χ0v) is 12.5. The first kappa shape index (κ1) is 15.1. The van der Waals surface area contributed by atoms with Gasteiger partial charge in [0.1, 0.15) is 5.75 Å². The van der Waals surface area contributed by atoms with Crippen LogP contribution in [-0.4, -0.2) is 7.11 Å². The van der Waals surface area contributed by atoms with Crippen LogP contribution in [0.1, 0.15) is 36.1 Å². The Labute approximate surface area is 126 Å². The van der Waals surface area contributed by atoms with Crippen molar-refractivity contribution < 1.29 is 4.74 Å². The molecule has 0 heterocycles. The molecule has 3 nitrogen and oxygen atoms in total. The molecule has 0 aliphatic heterocycles. The molecule has 1 atom stereocenters.